The molecule has 0 heterocycles. The second-order valence-corrected chi connectivity index (χ2v) is 7.64. The van der Waals surface area contributed by atoms with Crippen molar-refractivity contribution in [2.45, 2.75) is 58.8 Å². The highest BCUT2D eigenvalue weighted by Crippen LogP contribution is 2.30. The van der Waals surface area contributed by atoms with Crippen LogP contribution >= 0.6 is 0 Å². The molecule has 0 saturated carbocycles. The van der Waals surface area contributed by atoms with E-state index in [0.717, 1.165) is 17.9 Å². The molecule has 0 fully saturated rings. The molecule has 0 atom stereocenters. The molecule has 118 valence electrons. The molecule has 2 aromatic rings. The predicted molar refractivity (Wildman–Crippen MR) is 95.0 cm³/mol. The Morgan fingerprint density at radius 1 is 0.682 bits per heavy atom. The summed E-state index contributed by atoms with van der Waals surface area (Å²) in [6.45, 7) is 13.4. The van der Waals surface area contributed by atoms with Crippen LogP contribution in [0.15, 0.2) is 48.5 Å². The molecule has 0 aliphatic rings. The normalized spacial score (nSPS) is 12.3. The molecule has 0 bridgehead atoms. The van der Waals surface area contributed by atoms with E-state index in [0.29, 0.717) is 0 Å². The third kappa shape index (κ3) is 3.91. The molecule has 0 unspecified atom stereocenters. The van der Waals surface area contributed by atoms with E-state index in [-0.39, 0.29) is 10.8 Å². The average molecular weight is 296 g/mol. The summed E-state index contributed by atoms with van der Waals surface area (Å²) in [5.74, 6) is 1.77. The van der Waals surface area contributed by atoms with E-state index in [1.807, 2.05) is 12.1 Å². The fraction of sp³-hybridized carbons (Fsp3) is 0.429. The Kier molecular flexibility index (Phi) is 4.65. The predicted octanol–water partition coefficient (Wildman–Crippen LogP) is 6.46. The van der Waals surface area contributed by atoms with E-state index in [4.69, 9.17) is 4.74 Å². The van der Waals surface area contributed by atoms with Crippen LogP contribution in [0.25, 0.3) is 0 Å². The molecule has 0 aliphatic heterocycles. The maximum Gasteiger partial charge on any atom is 0.127 e. The highest BCUT2D eigenvalue weighted by atomic mass is 16.5. The second-order valence-electron chi connectivity index (χ2n) is 7.64. The fourth-order valence-electron chi connectivity index (χ4n) is 2.34. The molecule has 2 rings (SSSR count). The van der Waals surface area contributed by atoms with Crippen LogP contribution in [0.1, 0.15) is 59.1 Å². The Bertz CT molecular complexity index is 598. The highest BCUT2D eigenvalue weighted by molar-refractivity contribution is 5.37. The fourth-order valence-corrected chi connectivity index (χ4v) is 2.34. The van der Waals surface area contributed by atoms with E-state index >= 15 is 0 Å². The molecule has 0 N–H and O–H groups in total. The summed E-state index contributed by atoms with van der Waals surface area (Å²) in [6.07, 6.45) is 1.13. The van der Waals surface area contributed by atoms with Crippen molar-refractivity contribution in [1.29, 1.82) is 0 Å². The molecule has 1 heteroatoms. The molecule has 0 spiro atoms. The van der Waals surface area contributed by atoms with E-state index in [1.165, 1.54) is 11.1 Å². The number of benzene rings is 2. The maximum atomic E-state index is 5.95. The Morgan fingerprint density at radius 2 is 1.09 bits per heavy atom. The van der Waals surface area contributed by atoms with Gasteiger partial charge in [-0.05, 0) is 52.6 Å². The minimum atomic E-state index is 0.173. The van der Waals surface area contributed by atoms with Crippen LogP contribution in [0.3, 0.4) is 0 Å². The molecule has 2 aromatic carbocycles. The average Bonchev–Trinajstić information content (AvgIpc) is 2.47. The number of hydrogen-bond donors (Lipinski definition) is 0. The molecule has 0 amide bonds. The van der Waals surface area contributed by atoms with Crippen LogP contribution in [0, 0.1) is 0 Å². The van der Waals surface area contributed by atoms with Crippen molar-refractivity contribution in [3.05, 3.63) is 59.7 Å². The zero-order valence-electron chi connectivity index (χ0n) is 14.7. The van der Waals surface area contributed by atoms with Crippen molar-refractivity contribution in [3.63, 3.8) is 0 Å². The second kappa shape index (κ2) is 6.16. The van der Waals surface area contributed by atoms with Gasteiger partial charge in [-0.3, -0.25) is 0 Å². The Balaban J connectivity index is 2.11. The van der Waals surface area contributed by atoms with Crippen LogP contribution in [0.5, 0.6) is 11.5 Å². The molecule has 0 saturated heterocycles. The molecular weight excluding hydrogens is 268 g/mol. The lowest BCUT2D eigenvalue weighted by atomic mass is 9.82. The minimum absolute atomic E-state index is 0.173. The van der Waals surface area contributed by atoms with Gasteiger partial charge in [0.1, 0.15) is 11.5 Å². The van der Waals surface area contributed by atoms with Crippen molar-refractivity contribution < 1.29 is 4.74 Å². The molecule has 0 aromatic heterocycles. The first kappa shape index (κ1) is 16.6. The van der Waals surface area contributed by atoms with Gasteiger partial charge in [-0.1, -0.05) is 65.8 Å². The monoisotopic (exact) mass is 296 g/mol. The van der Waals surface area contributed by atoms with Crippen molar-refractivity contribution in [2.24, 2.45) is 0 Å². The molecule has 22 heavy (non-hydrogen) atoms. The lowest BCUT2D eigenvalue weighted by Gasteiger charge is -2.23. The highest BCUT2D eigenvalue weighted by Gasteiger charge is 2.17. The summed E-state index contributed by atoms with van der Waals surface area (Å²) >= 11 is 0. The first-order valence-corrected chi connectivity index (χ1v) is 8.11. The van der Waals surface area contributed by atoms with Crippen LogP contribution in [0.4, 0.5) is 0 Å². The van der Waals surface area contributed by atoms with Crippen LogP contribution in [0.2, 0.25) is 0 Å². The van der Waals surface area contributed by atoms with Gasteiger partial charge >= 0.3 is 0 Å². The summed E-state index contributed by atoms with van der Waals surface area (Å²) in [5, 5.41) is 0. The van der Waals surface area contributed by atoms with Crippen molar-refractivity contribution in [1.82, 2.24) is 0 Å². The van der Waals surface area contributed by atoms with E-state index in [2.05, 4.69) is 77.9 Å². The summed E-state index contributed by atoms with van der Waals surface area (Å²) in [4.78, 5) is 0. The summed E-state index contributed by atoms with van der Waals surface area (Å²) in [7, 11) is 0. The first-order valence-electron chi connectivity index (χ1n) is 8.11. The third-order valence-electron chi connectivity index (χ3n) is 4.48. The van der Waals surface area contributed by atoms with E-state index in [9.17, 15) is 0 Å². The Morgan fingerprint density at radius 3 is 1.45 bits per heavy atom. The lowest BCUT2D eigenvalue weighted by molar-refractivity contribution is 0.477. The van der Waals surface area contributed by atoms with Gasteiger partial charge in [0.15, 0.2) is 0 Å². The van der Waals surface area contributed by atoms with Crippen molar-refractivity contribution in [3.8, 4) is 11.5 Å². The van der Waals surface area contributed by atoms with Crippen molar-refractivity contribution >= 4 is 0 Å². The van der Waals surface area contributed by atoms with Gasteiger partial charge < -0.3 is 4.74 Å². The van der Waals surface area contributed by atoms with Crippen molar-refractivity contribution in [2.75, 3.05) is 0 Å². The van der Waals surface area contributed by atoms with E-state index in [1.54, 1.807) is 0 Å². The smallest absolute Gasteiger partial charge is 0.127 e. The largest absolute Gasteiger partial charge is 0.457 e. The zero-order valence-corrected chi connectivity index (χ0v) is 14.7. The number of ether oxygens (including phenoxy) is 1. The summed E-state index contributed by atoms with van der Waals surface area (Å²) < 4.78 is 5.95. The first-order chi connectivity index (χ1) is 10.2. The summed E-state index contributed by atoms with van der Waals surface area (Å²) in [5.41, 5.74) is 3.06. The van der Waals surface area contributed by atoms with E-state index < -0.39 is 0 Å². The summed E-state index contributed by atoms with van der Waals surface area (Å²) in [6, 6.07) is 16.8. The Hall–Kier alpha value is -1.76. The van der Waals surface area contributed by atoms with Crippen LogP contribution in [-0.4, -0.2) is 0 Å². The minimum Gasteiger partial charge on any atom is -0.457 e. The number of hydrogen-bond acceptors (Lipinski definition) is 1. The maximum absolute atomic E-state index is 5.95. The number of rotatable bonds is 4. The topological polar surface area (TPSA) is 9.23 Å². The van der Waals surface area contributed by atoms with Gasteiger partial charge in [0, 0.05) is 0 Å². The zero-order chi connectivity index (χ0) is 16.4. The van der Waals surface area contributed by atoms with Gasteiger partial charge in [0.2, 0.25) is 0 Å². The molecule has 1 nitrogen and oxygen atoms in total. The van der Waals surface area contributed by atoms with Gasteiger partial charge in [0.25, 0.3) is 0 Å². The van der Waals surface area contributed by atoms with Crippen LogP contribution < -0.4 is 4.74 Å². The molecule has 0 radical (unpaired) electrons. The SMILES string of the molecule is CCC(C)(C)c1ccc(Oc2ccc(C(C)(C)C)cc2)cc1. The standard InChI is InChI=1S/C21H28O/c1-7-21(5,6)17-10-14-19(15-11-17)22-18-12-8-16(9-13-18)20(2,3)4/h8-15H,7H2,1-6H3. The Labute approximate surface area is 135 Å². The third-order valence-corrected chi connectivity index (χ3v) is 4.48. The van der Waals surface area contributed by atoms with Crippen LogP contribution in [-0.2, 0) is 10.8 Å². The van der Waals surface area contributed by atoms with Gasteiger partial charge in [-0.15, -0.1) is 0 Å². The lowest BCUT2D eigenvalue weighted by Crippen LogP contribution is -2.14. The van der Waals surface area contributed by atoms with Gasteiger partial charge in [-0.2, -0.15) is 0 Å². The van der Waals surface area contributed by atoms with Gasteiger partial charge in [-0.25, -0.2) is 0 Å². The molecular formula is C21H28O. The molecule has 0 aliphatic carbocycles. The van der Waals surface area contributed by atoms with Gasteiger partial charge in [0.05, 0.1) is 0 Å². The quantitative estimate of drug-likeness (QED) is 0.628.